The van der Waals surface area contributed by atoms with Crippen LogP contribution in [0.4, 0.5) is 10.5 Å². The lowest BCUT2D eigenvalue weighted by Crippen LogP contribution is -3.12. The number of carbonyl (C=O) groups is 3. The van der Waals surface area contributed by atoms with E-state index in [1.807, 2.05) is 30.5 Å². The number of hydrogen-bond acceptors (Lipinski definition) is 4. The molecule has 0 saturated carbocycles. The summed E-state index contributed by atoms with van der Waals surface area (Å²) >= 11 is 1.70. The number of nitrogens with zero attached hydrogens (tertiary/aromatic N) is 2. The van der Waals surface area contributed by atoms with Gasteiger partial charge in [0.15, 0.2) is 6.67 Å². The summed E-state index contributed by atoms with van der Waals surface area (Å²) in [4.78, 5) is 42.2. The monoisotopic (exact) mass is 370 g/mol. The van der Waals surface area contributed by atoms with Crippen molar-refractivity contribution in [1.82, 2.24) is 4.90 Å². The number of hydrogen-bond donors (Lipinski definition) is 1. The predicted molar refractivity (Wildman–Crippen MR) is 97.9 cm³/mol. The van der Waals surface area contributed by atoms with Gasteiger partial charge in [0.2, 0.25) is 0 Å². The molecule has 3 heterocycles. The van der Waals surface area contributed by atoms with E-state index in [1.54, 1.807) is 23.5 Å². The maximum atomic E-state index is 12.8. The molecule has 0 aliphatic carbocycles. The number of aryl methyl sites for hydroxylation is 1. The van der Waals surface area contributed by atoms with E-state index in [0.29, 0.717) is 5.69 Å². The highest BCUT2D eigenvalue weighted by atomic mass is 32.1. The number of likely N-dealkylation sites (tertiary alicyclic amines) is 1. The first-order chi connectivity index (χ1) is 12.6. The van der Waals surface area contributed by atoms with Gasteiger partial charge in [-0.3, -0.25) is 9.59 Å². The molecule has 1 unspecified atom stereocenters. The molecule has 6 nitrogen and oxygen atoms in total. The quantitative estimate of drug-likeness (QED) is 0.659. The number of carbonyl (C=O) groups excluding carboxylic acids is 3. The predicted octanol–water partition coefficient (Wildman–Crippen LogP) is 1.73. The molecule has 4 amide bonds. The van der Waals surface area contributed by atoms with Crippen LogP contribution in [0.15, 0.2) is 41.8 Å². The first-order valence-corrected chi connectivity index (χ1v) is 9.59. The van der Waals surface area contributed by atoms with E-state index >= 15 is 0 Å². The Labute approximate surface area is 155 Å². The molecule has 2 saturated heterocycles. The third kappa shape index (κ3) is 2.83. The third-order valence-electron chi connectivity index (χ3n) is 5.08. The number of urea groups is 1. The fourth-order valence-corrected chi connectivity index (χ4v) is 4.62. The fourth-order valence-electron chi connectivity index (χ4n) is 3.70. The lowest BCUT2D eigenvalue weighted by Gasteiger charge is -2.24. The summed E-state index contributed by atoms with van der Waals surface area (Å²) < 4.78 is 0. The van der Waals surface area contributed by atoms with Gasteiger partial charge in [0.25, 0.3) is 0 Å². The van der Waals surface area contributed by atoms with Crippen molar-refractivity contribution in [3.63, 3.8) is 0 Å². The second-order valence-electron chi connectivity index (χ2n) is 6.77. The van der Waals surface area contributed by atoms with Crippen LogP contribution in [0.2, 0.25) is 0 Å². The van der Waals surface area contributed by atoms with Crippen LogP contribution in [0.1, 0.15) is 29.3 Å². The van der Waals surface area contributed by atoms with Crippen LogP contribution in [-0.4, -0.2) is 36.0 Å². The Kier molecular flexibility index (Phi) is 4.34. The van der Waals surface area contributed by atoms with Gasteiger partial charge < -0.3 is 4.90 Å². The molecular formula is C19H20N3O3S+. The molecule has 2 aliphatic rings. The molecule has 4 rings (SSSR count). The Morgan fingerprint density at radius 3 is 2.58 bits per heavy atom. The van der Waals surface area contributed by atoms with Gasteiger partial charge in [0.05, 0.1) is 17.1 Å². The third-order valence-corrected chi connectivity index (χ3v) is 6.06. The number of nitrogens with one attached hydrogen (secondary N) is 1. The van der Waals surface area contributed by atoms with E-state index in [2.05, 4.69) is 6.07 Å². The topological polar surface area (TPSA) is 62.1 Å². The van der Waals surface area contributed by atoms with E-state index in [9.17, 15) is 14.4 Å². The van der Waals surface area contributed by atoms with Crippen molar-refractivity contribution in [3.05, 3.63) is 52.2 Å². The second-order valence-corrected chi connectivity index (χ2v) is 7.75. The van der Waals surface area contributed by atoms with Crippen molar-refractivity contribution in [2.45, 2.75) is 25.8 Å². The van der Waals surface area contributed by atoms with Crippen LogP contribution in [-0.2, 0) is 9.59 Å². The number of quaternary nitrogens is 1. The molecule has 1 aromatic heterocycles. The van der Waals surface area contributed by atoms with Gasteiger partial charge in [-0.1, -0.05) is 23.8 Å². The van der Waals surface area contributed by atoms with E-state index in [4.69, 9.17) is 0 Å². The lowest BCUT2D eigenvalue weighted by molar-refractivity contribution is -0.925. The second kappa shape index (κ2) is 6.66. The molecule has 1 N–H and O–H groups in total. The van der Waals surface area contributed by atoms with Crippen LogP contribution < -0.4 is 9.80 Å². The normalized spacial score (nSPS) is 23.3. The van der Waals surface area contributed by atoms with Gasteiger partial charge in [-0.2, -0.15) is 0 Å². The zero-order valence-corrected chi connectivity index (χ0v) is 15.3. The molecule has 2 aliphatic heterocycles. The highest BCUT2D eigenvalue weighted by molar-refractivity contribution is 7.10. The Morgan fingerprint density at radius 2 is 1.88 bits per heavy atom. The van der Waals surface area contributed by atoms with Crippen molar-refractivity contribution >= 4 is 34.9 Å². The van der Waals surface area contributed by atoms with Crippen LogP contribution in [0.3, 0.4) is 0 Å². The number of benzene rings is 1. The number of thiophene rings is 1. The summed E-state index contributed by atoms with van der Waals surface area (Å²) in [5.74, 6) is -1.51. The number of rotatable bonds is 4. The highest BCUT2D eigenvalue weighted by Gasteiger charge is 2.48. The molecule has 1 aromatic carbocycles. The first kappa shape index (κ1) is 16.9. The molecule has 2 atom stereocenters. The minimum Gasteiger partial charge on any atom is -0.310 e. The molecule has 7 heteroatoms. The minimum atomic E-state index is -0.773. The summed E-state index contributed by atoms with van der Waals surface area (Å²) in [6.07, 6.45) is 2.07. The molecule has 134 valence electrons. The van der Waals surface area contributed by atoms with Crippen molar-refractivity contribution in [3.8, 4) is 0 Å². The smallest absolute Gasteiger partial charge is 0.310 e. The zero-order chi connectivity index (χ0) is 18.3. The number of imide groups is 2. The maximum absolute atomic E-state index is 12.8. The first-order valence-electron chi connectivity index (χ1n) is 8.71. The molecule has 0 spiro atoms. The number of amides is 4. The molecule has 2 fully saturated rings. The fraction of sp³-hybridized carbons (Fsp3) is 0.316. The maximum Gasteiger partial charge on any atom is 0.343 e. The van der Waals surface area contributed by atoms with Crippen LogP contribution >= 0.6 is 11.3 Å². The summed E-state index contributed by atoms with van der Waals surface area (Å²) in [6, 6.07) is 10.9. The van der Waals surface area contributed by atoms with E-state index in [0.717, 1.165) is 39.6 Å². The van der Waals surface area contributed by atoms with Gasteiger partial charge in [-0.05, 0) is 30.5 Å². The average Bonchev–Trinajstić information content (AvgIpc) is 3.35. The minimum absolute atomic E-state index is 0.230. The molecule has 0 bridgehead atoms. The Bertz CT molecular complexity index is 847. The SMILES string of the molecule is Cc1ccc(N2C(=O)C(=O)N(C[NH+]3CCC[C@H]3c3cccs3)C2=O)cc1. The summed E-state index contributed by atoms with van der Waals surface area (Å²) in [5.41, 5.74) is 1.46. The largest absolute Gasteiger partial charge is 0.343 e. The van der Waals surface area contributed by atoms with Crippen LogP contribution in [0, 0.1) is 6.92 Å². The van der Waals surface area contributed by atoms with Crippen LogP contribution in [0.25, 0.3) is 0 Å². The average molecular weight is 370 g/mol. The standard InChI is InChI=1S/C19H19N3O3S/c1-13-6-8-14(9-7-13)22-18(24)17(23)21(19(22)25)12-20-10-2-4-15(20)16-5-3-11-26-16/h3,5-9,11,15H,2,4,10,12H2,1H3/p+1/t15-/m0/s1. The van der Waals surface area contributed by atoms with E-state index < -0.39 is 17.8 Å². The zero-order valence-electron chi connectivity index (χ0n) is 14.5. The Hall–Kier alpha value is -2.51. The van der Waals surface area contributed by atoms with Gasteiger partial charge in [0.1, 0.15) is 6.04 Å². The Balaban J connectivity index is 1.55. The van der Waals surface area contributed by atoms with Gasteiger partial charge >= 0.3 is 17.8 Å². The van der Waals surface area contributed by atoms with Crippen molar-refractivity contribution < 1.29 is 19.3 Å². The highest BCUT2D eigenvalue weighted by Crippen LogP contribution is 2.25. The van der Waals surface area contributed by atoms with Gasteiger partial charge in [0, 0.05) is 12.8 Å². The summed E-state index contributed by atoms with van der Waals surface area (Å²) in [6.45, 7) is 3.04. The van der Waals surface area contributed by atoms with Crippen LogP contribution in [0.5, 0.6) is 0 Å². The summed E-state index contributed by atoms with van der Waals surface area (Å²) in [5, 5.41) is 2.04. The molecule has 0 radical (unpaired) electrons. The Morgan fingerprint density at radius 1 is 1.12 bits per heavy atom. The molecule has 2 aromatic rings. The van der Waals surface area contributed by atoms with Crippen molar-refractivity contribution in [2.75, 3.05) is 18.1 Å². The van der Waals surface area contributed by atoms with E-state index in [-0.39, 0.29) is 12.7 Å². The van der Waals surface area contributed by atoms with Crippen molar-refractivity contribution in [1.29, 1.82) is 0 Å². The molecular weight excluding hydrogens is 350 g/mol. The van der Waals surface area contributed by atoms with Gasteiger partial charge in [-0.15, -0.1) is 11.3 Å². The molecule has 26 heavy (non-hydrogen) atoms. The van der Waals surface area contributed by atoms with E-state index in [1.165, 1.54) is 4.88 Å². The number of anilines is 1. The summed E-state index contributed by atoms with van der Waals surface area (Å²) in [7, 11) is 0. The van der Waals surface area contributed by atoms with Crippen molar-refractivity contribution in [2.24, 2.45) is 0 Å². The lowest BCUT2D eigenvalue weighted by atomic mass is 10.2. The van der Waals surface area contributed by atoms with Gasteiger partial charge in [-0.25, -0.2) is 14.6 Å².